The first kappa shape index (κ1) is 20.8. The summed E-state index contributed by atoms with van der Waals surface area (Å²) >= 11 is -0.667. The van der Waals surface area contributed by atoms with E-state index in [4.69, 9.17) is 4.52 Å². The smallest absolute Gasteiger partial charge is 0.437 e. The zero-order chi connectivity index (χ0) is 19.3. The van der Waals surface area contributed by atoms with E-state index in [1.165, 1.54) is 30.3 Å². The number of hydrogen-bond donors (Lipinski definition) is 1. The topological polar surface area (TPSA) is 113 Å². The molecule has 0 fully saturated rings. The summed E-state index contributed by atoms with van der Waals surface area (Å²) < 4.78 is 29.8. The Balaban J connectivity index is 2.18. The van der Waals surface area contributed by atoms with Crippen LogP contribution in [0.4, 0.5) is 5.69 Å². The van der Waals surface area contributed by atoms with E-state index < -0.39 is 22.9 Å². The van der Waals surface area contributed by atoms with Gasteiger partial charge >= 0.3 is 6.80 Å². The van der Waals surface area contributed by atoms with Crippen molar-refractivity contribution in [3.63, 3.8) is 0 Å². The Kier molecular flexibility index (Phi) is 7.14. The Morgan fingerprint density at radius 1 is 1.27 bits per heavy atom. The lowest BCUT2D eigenvalue weighted by Crippen LogP contribution is -2.04. The van der Waals surface area contributed by atoms with Crippen LogP contribution in [0, 0.1) is 17.0 Å². The minimum absolute atomic E-state index is 0.0745. The molecule has 0 aromatic heterocycles. The van der Waals surface area contributed by atoms with Gasteiger partial charge in [0.1, 0.15) is 5.75 Å². The van der Waals surface area contributed by atoms with Crippen molar-refractivity contribution in [2.75, 3.05) is 5.75 Å². The van der Waals surface area contributed by atoms with Gasteiger partial charge in [-0.2, -0.15) is 0 Å². The summed E-state index contributed by atoms with van der Waals surface area (Å²) in [5.41, 5.74) is 0.550. The molecule has 140 valence electrons. The second-order valence-electron chi connectivity index (χ2n) is 5.34. The maximum atomic E-state index is 12.7. The number of hydrogen-bond acceptors (Lipinski definition) is 6. The molecule has 2 rings (SSSR count). The summed E-state index contributed by atoms with van der Waals surface area (Å²) in [6.45, 7) is -0.168. The van der Waals surface area contributed by atoms with Gasteiger partial charge in [-0.25, -0.2) is 4.57 Å². The molecule has 2 atom stereocenters. The molecule has 0 amide bonds. The Labute approximate surface area is 158 Å². The minimum atomic E-state index is -3.79. The first-order chi connectivity index (χ1) is 12.2. The third kappa shape index (κ3) is 5.49. The number of rotatable bonds is 8. The van der Waals surface area contributed by atoms with Crippen molar-refractivity contribution in [2.24, 2.45) is 0 Å². The summed E-state index contributed by atoms with van der Waals surface area (Å²) in [6.07, 6.45) is 0.755. The highest BCUT2D eigenvalue weighted by Gasteiger charge is 2.24. The molecule has 0 heterocycles. The second-order valence-corrected chi connectivity index (χ2v) is 10.7. The molecule has 0 aliphatic carbocycles. The molecular weight excluding hydrogens is 397 g/mol. The van der Waals surface area contributed by atoms with Crippen molar-refractivity contribution in [3.8, 4) is 5.75 Å². The van der Waals surface area contributed by atoms with E-state index in [1.54, 1.807) is 19.1 Å². The molecule has 7 nitrogen and oxygen atoms in total. The highest BCUT2D eigenvalue weighted by molar-refractivity contribution is 8.54. The van der Waals surface area contributed by atoms with Crippen molar-refractivity contribution in [1.29, 1.82) is 0 Å². The number of benzene rings is 2. The molecule has 2 aromatic carbocycles. The van der Waals surface area contributed by atoms with Gasteiger partial charge in [-0.1, -0.05) is 6.92 Å². The van der Waals surface area contributed by atoms with Gasteiger partial charge < -0.3 is 14.0 Å². The summed E-state index contributed by atoms with van der Waals surface area (Å²) in [7, 11) is 0. The van der Waals surface area contributed by atoms with E-state index in [2.05, 4.69) is 0 Å². The average molecular weight is 415 g/mol. The van der Waals surface area contributed by atoms with Crippen molar-refractivity contribution in [3.05, 3.63) is 58.1 Å². The summed E-state index contributed by atoms with van der Waals surface area (Å²) in [5.74, 6) is 0.732. The van der Waals surface area contributed by atoms with Crippen LogP contribution in [0.1, 0.15) is 18.9 Å². The van der Waals surface area contributed by atoms with E-state index in [0.717, 1.165) is 17.8 Å². The van der Waals surface area contributed by atoms with E-state index in [-0.39, 0.29) is 11.4 Å². The van der Waals surface area contributed by atoms with E-state index >= 15 is 0 Å². The molecule has 0 radical (unpaired) electrons. The van der Waals surface area contributed by atoms with Crippen LogP contribution in [0.5, 0.6) is 5.75 Å². The third-order valence-corrected chi connectivity index (χ3v) is 7.95. The fourth-order valence-electron chi connectivity index (χ4n) is 2.07. The van der Waals surface area contributed by atoms with Crippen LogP contribution in [0.3, 0.4) is 0 Å². The van der Waals surface area contributed by atoms with Crippen molar-refractivity contribution in [2.45, 2.75) is 30.1 Å². The lowest BCUT2D eigenvalue weighted by molar-refractivity contribution is -0.384. The Morgan fingerprint density at radius 3 is 2.46 bits per heavy atom. The van der Waals surface area contributed by atoms with Crippen LogP contribution in [0.2, 0.25) is 0 Å². The highest BCUT2D eigenvalue weighted by atomic mass is 32.7. The largest absolute Gasteiger partial charge is 0.606 e. The summed E-state index contributed by atoms with van der Waals surface area (Å²) in [6, 6.07) is 10.1. The number of non-ortho nitro benzene ring substituents is 1. The molecule has 1 N–H and O–H groups in total. The van der Waals surface area contributed by atoms with Gasteiger partial charge in [-0.3, -0.25) is 10.1 Å². The molecular formula is C16H18NO6PS2. The van der Waals surface area contributed by atoms with Gasteiger partial charge in [0.2, 0.25) is 0 Å². The molecule has 0 saturated heterocycles. The molecule has 2 aromatic rings. The second kappa shape index (κ2) is 8.92. The zero-order valence-electron chi connectivity index (χ0n) is 14.2. The minimum Gasteiger partial charge on any atom is -0.606 e. The molecule has 0 bridgehead atoms. The van der Waals surface area contributed by atoms with Gasteiger partial charge in [0, 0.05) is 46.8 Å². The Morgan fingerprint density at radius 2 is 1.92 bits per heavy atom. The fraction of sp³-hybridized carbons (Fsp3) is 0.250. The van der Waals surface area contributed by atoms with E-state index in [9.17, 15) is 24.1 Å². The Hall–Kier alpha value is -1.51. The van der Waals surface area contributed by atoms with Gasteiger partial charge in [-0.15, -0.1) is 0 Å². The number of nitro groups is 1. The van der Waals surface area contributed by atoms with Gasteiger partial charge in [0.25, 0.3) is 5.69 Å². The summed E-state index contributed by atoms with van der Waals surface area (Å²) in [4.78, 5) is 20.9. The number of nitrogens with zero attached hydrogens (tertiary/aromatic N) is 1. The Bertz CT molecular complexity index is 830. The van der Waals surface area contributed by atoms with E-state index in [0.29, 0.717) is 21.1 Å². The molecule has 0 aliphatic heterocycles. The molecule has 2 unspecified atom stereocenters. The van der Waals surface area contributed by atoms with Crippen LogP contribution in [-0.4, -0.2) is 20.1 Å². The van der Waals surface area contributed by atoms with Crippen LogP contribution in [0.25, 0.3) is 0 Å². The van der Waals surface area contributed by atoms with Crippen molar-refractivity contribution in [1.82, 2.24) is 0 Å². The molecule has 0 aliphatic rings. The first-order valence-electron chi connectivity index (χ1n) is 7.67. The fourth-order valence-corrected chi connectivity index (χ4v) is 5.75. The van der Waals surface area contributed by atoms with E-state index in [1.807, 2.05) is 6.92 Å². The predicted octanol–water partition coefficient (Wildman–Crippen LogP) is 4.69. The lowest BCUT2D eigenvalue weighted by Gasteiger charge is -2.15. The zero-order valence-corrected chi connectivity index (χ0v) is 16.7. The maximum absolute atomic E-state index is 12.7. The third-order valence-electron chi connectivity index (χ3n) is 3.29. The maximum Gasteiger partial charge on any atom is 0.437 e. The molecule has 0 saturated carbocycles. The highest BCUT2D eigenvalue weighted by Crippen LogP contribution is 2.55. The van der Waals surface area contributed by atoms with Crippen molar-refractivity contribution < 1.29 is 23.5 Å². The number of aryl methyl sites for hydroxylation is 1. The molecule has 10 heteroatoms. The standard InChI is InChI=1S/C16H18NO6PS2/c1-3-10-25-24(20,21)23-14-6-9-16(12(2)11-14)26(22)15-7-4-13(5-8-15)17(18)19/h4-9,11H,3,10H2,1-2H3,(H,20,21). The lowest BCUT2D eigenvalue weighted by atomic mass is 10.2. The van der Waals surface area contributed by atoms with Crippen molar-refractivity contribution >= 4 is 35.0 Å². The molecule has 0 spiro atoms. The van der Waals surface area contributed by atoms with Crippen LogP contribution >= 0.6 is 18.2 Å². The summed E-state index contributed by atoms with van der Waals surface area (Å²) in [5, 5.41) is 10.7. The predicted molar refractivity (Wildman–Crippen MR) is 102 cm³/mol. The van der Waals surface area contributed by atoms with Crippen LogP contribution in [-0.2, 0) is 15.7 Å². The van der Waals surface area contributed by atoms with Crippen LogP contribution in [0.15, 0.2) is 52.3 Å². The first-order valence-corrected chi connectivity index (χ1v) is 12.0. The molecule has 26 heavy (non-hydrogen) atoms. The van der Waals surface area contributed by atoms with Crippen LogP contribution < -0.4 is 4.52 Å². The van der Waals surface area contributed by atoms with Gasteiger partial charge in [0.15, 0.2) is 9.79 Å². The van der Waals surface area contributed by atoms with Gasteiger partial charge in [0.05, 0.1) is 4.92 Å². The number of nitro benzene ring substituents is 1. The monoisotopic (exact) mass is 415 g/mol. The quantitative estimate of drug-likeness (QED) is 0.288. The van der Waals surface area contributed by atoms with Gasteiger partial charge in [-0.05, 0) is 42.9 Å². The average Bonchev–Trinajstić information content (AvgIpc) is 2.59. The normalized spacial score (nSPS) is 14.5. The SMILES string of the molecule is CCCSP(=O)(O)Oc1ccc([S+]([O-])c2ccc([N+](=O)[O-])cc2)c(C)c1.